The van der Waals surface area contributed by atoms with Gasteiger partial charge in [0.25, 0.3) is 0 Å². The lowest BCUT2D eigenvalue weighted by atomic mass is 10.1. The summed E-state index contributed by atoms with van der Waals surface area (Å²) in [4.78, 5) is 26.3. The first-order valence-electron chi connectivity index (χ1n) is 4.79. The Labute approximate surface area is 85.9 Å². The third-order valence-corrected chi connectivity index (χ3v) is 1.88. The van der Waals surface area contributed by atoms with Crippen LogP contribution in [0.3, 0.4) is 0 Å². The number of rotatable bonds is 7. The number of ketones is 2. The maximum atomic E-state index is 11.3. The van der Waals surface area contributed by atoms with E-state index in [-0.39, 0.29) is 11.6 Å². The van der Waals surface area contributed by atoms with Crippen LogP contribution in [0, 0.1) is 0 Å². The molecule has 0 unspecified atom stereocenters. The summed E-state index contributed by atoms with van der Waals surface area (Å²) in [6.45, 7) is 1.29. The standard InChI is InChI=1S/C10H20N2O2/c1-11(2)7-5-9(13)10(14)6-8-12(3)4/h5-8H2,1-4H3. The van der Waals surface area contributed by atoms with Gasteiger partial charge < -0.3 is 9.80 Å². The van der Waals surface area contributed by atoms with Gasteiger partial charge in [0.2, 0.25) is 0 Å². The van der Waals surface area contributed by atoms with E-state index in [2.05, 4.69) is 0 Å². The molecule has 0 bridgehead atoms. The lowest BCUT2D eigenvalue weighted by molar-refractivity contribution is -0.136. The number of carbonyl (C=O) groups is 2. The van der Waals surface area contributed by atoms with Crippen LogP contribution in [0.5, 0.6) is 0 Å². The van der Waals surface area contributed by atoms with Crippen molar-refractivity contribution in [1.29, 1.82) is 0 Å². The summed E-state index contributed by atoms with van der Waals surface area (Å²) in [6.07, 6.45) is 0.665. The molecular formula is C10H20N2O2. The fourth-order valence-corrected chi connectivity index (χ4v) is 0.929. The highest BCUT2D eigenvalue weighted by atomic mass is 16.2. The Hall–Kier alpha value is -0.740. The Morgan fingerprint density at radius 1 is 0.786 bits per heavy atom. The second kappa shape index (κ2) is 6.68. The van der Waals surface area contributed by atoms with Crippen molar-refractivity contribution in [3.05, 3.63) is 0 Å². The van der Waals surface area contributed by atoms with E-state index < -0.39 is 0 Å². The molecule has 0 aliphatic heterocycles. The summed E-state index contributed by atoms with van der Waals surface area (Å²) in [7, 11) is 7.55. The zero-order valence-corrected chi connectivity index (χ0v) is 9.54. The Morgan fingerprint density at radius 2 is 1.07 bits per heavy atom. The Kier molecular flexibility index (Phi) is 6.32. The number of nitrogens with zero attached hydrogens (tertiary/aromatic N) is 2. The van der Waals surface area contributed by atoms with Gasteiger partial charge in [0.1, 0.15) is 0 Å². The second-order valence-corrected chi connectivity index (χ2v) is 3.95. The van der Waals surface area contributed by atoms with Crippen molar-refractivity contribution in [2.24, 2.45) is 0 Å². The van der Waals surface area contributed by atoms with E-state index in [9.17, 15) is 9.59 Å². The van der Waals surface area contributed by atoms with Crippen molar-refractivity contribution < 1.29 is 9.59 Å². The molecule has 0 aliphatic rings. The van der Waals surface area contributed by atoms with Gasteiger partial charge in [-0.05, 0) is 28.2 Å². The summed E-state index contributed by atoms with van der Waals surface area (Å²) >= 11 is 0. The molecule has 0 spiro atoms. The molecule has 0 rings (SSSR count). The van der Waals surface area contributed by atoms with E-state index in [1.165, 1.54) is 0 Å². The highest BCUT2D eigenvalue weighted by Gasteiger charge is 2.13. The molecule has 82 valence electrons. The van der Waals surface area contributed by atoms with E-state index in [1.807, 2.05) is 38.0 Å². The van der Waals surface area contributed by atoms with Gasteiger partial charge in [-0.25, -0.2) is 0 Å². The molecule has 0 aliphatic carbocycles. The van der Waals surface area contributed by atoms with Crippen LogP contribution >= 0.6 is 0 Å². The van der Waals surface area contributed by atoms with Crippen molar-refractivity contribution in [3.63, 3.8) is 0 Å². The lowest BCUT2D eigenvalue weighted by Gasteiger charge is -2.09. The first-order chi connectivity index (χ1) is 6.43. The van der Waals surface area contributed by atoms with Gasteiger partial charge in [0.15, 0.2) is 11.6 Å². The maximum Gasteiger partial charge on any atom is 0.199 e. The van der Waals surface area contributed by atoms with Crippen molar-refractivity contribution in [2.45, 2.75) is 12.8 Å². The molecule has 0 saturated heterocycles. The van der Waals surface area contributed by atoms with Crippen molar-refractivity contribution in [1.82, 2.24) is 9.80 Å². The van der Waals surface area contributed by atoms with Crippen LogP contribution in [0.25, 0.3) is 0 Å². The summed E-state index contributed by atoms with van der Waals surface area (Å²) in [5, 5.41) is 0. The number of Topliss-reactive ketones (excluding diaryl/α,β-unsaturated/α-hetero) is 2. The molecule has 4 heteroatoms. The maximum absolute atomic E-state index is 11.3. The van der Waals surface area contributed by atoms with Crippen LogP contribution in [-0.4, -0.2) is 62.6 Å². The lowest BCUT2D eigenvalue weighted by Crippen LogP contribution is -2.24. The van der Waals surface area contributed by atoms with E-state index in [4.69, 9.17) is 0 Å². The zero-order valence-electron chi connectivity index (χ0n) is 9.54. The molecule has 0 aromatic rings. The molecule has 14 heavy (non-hydrogen) atoms. The molecule has 0 radical (unpaired) electrons. The second-order valence-electron chi connectivity index (χ2n) is 3.95. The van der Waals surface area contributed by atoms with Crippen LogP contribution in [0.4, 0.5) is 0 Å². The quantitative estimate of drug-likeness (QED) is 0.544. The predicted molar refractivity (Wildman–Crippen MR) is 56.4 cm³/mol. The zero-order chi connectivity index (χ0) is 11.1. The minimum atomic E-state index is -0.249. The smallest absolute Gasteiger partial charge is 0.199 e. The largest absolute Gasteiger partial charge is 0.309 e. The summed E-state index contributed by atoms with van der Waals surface area (Å²) in [5.41, 5.74) is 0. The van der Waals surface area contributed by atoms with Gasteiger partial charge >= 0.3 is 0 Å². The van der Waals surface area contributed by atoms with Crippen LogP contribution in [0.1, 0.15) is 12.8 Å². The van der Waals surface area contributed by atoms with Crippen LogP contribution in [0.2, 0.25) is 0 Å². The molecule has 0 fully saturated rings. The van der Waals surface area contributed by atoms with Crippen LogP contribution < -0.4 is 0 Å². The SMILES string of the molecule is CN(C)CCC(=O)C(=O)CCN(C)C. The van der Waals surface area contributed by atoms with E-state index in [0.29, 0.717) is 25.9 Å². The molecule has 0 saturated carbocycles. The summed E-state index contributed by atoms with van der Waals surface area (Å²) in [6, 6.07) is 0. The molecule has 0 aromatic heterocycles. The number of hydrogen-bond donors (Lipinski definition) is 0. The fourth-order valence-electron chi connectivity index (χ4n) is 0.929. The minimum Gasteiger partial charge on any atom is -0.309 e. The van der Waals surface area contributed by atoms with Crippen molar-refractivity contribution in [3.8, 4) is 0 Å². The Balaban J connectivity index is 3.71. The molecule has 0 amide bonds. The average molecular weight is 200 g/mol. The first kappa shape index (κ1) is 13.3. The molecule has 0 N–H and O–H groups in total. The minimum absolute atomic E-state index is 0.249. The summed E-state index contributed by atoms with van der Waals surface area (Å²) < 4.78 is 0. The van der Waals surface area contributed by atoms with E-state index >= 15 is 0 Å². The molecular weight excluding hydrogens is 180 g/mol. The van der Waals surface area contributed by atoms with E-state index in [1.54, 1.807) is 0 Å². The van der Waals surface area contributed by atoms with Gasteiger partial charge in [-0.3, -0.25) is 9.59 Å². The molecule has 4 nitrogen and oxygen atoms in total. The fraction of sp³-hybridized carbons (Fsp3) is 0.800. The van der Waals surface area contributed by atoms with E-state index in [0.717, 1.165) is 0 Å². The average Bonchev–Trinajstić information content (AvgIpc) is 2.09. The first-order valence-corrected chi connectivity index (χ1v) is 4.79. The third kappa shape index (κ3) is 6.74. The van der Waals surface area contributed by atoms with Crippen LogP contribution in [-0.2, 0) is 9.59 Å². The van der Waals surface area contributed by atoms with Gasteiger partial charge in [0, 0.05) is 25.9 Å². The predicted octanol–water partition coefficient (Wildman–Crippen LogP) is 0.0280. The molecule has 0 heterocycles. The number of carbonyl (C=O) groups excluding carboxylic acids is 2. The van der Waals surface area contributed by atoms with Gasteiger partial charge in [-0.1, -0.05) is 0 Å². The van der Waals surface area contributed by atoms with Crippen molar-refractivity contribution >= 4 is 11.6 Å². The molecule has 0 aromatic carbocycles. The topological polar surface area (TPSA) is 40.6 Å². The van der Waals surface area contributed by atoms with Gasteiger partial charge in [-0.2, -0.15) is 0 Å². The van der Waals surface area contributed by atoms with Gasteiger partial charge in [0.05, 0.1) is 0 Å². The van der Waals surface area contributed by atoms with Crippen molar-refractivity contribution in [2.75, 3.05) is 41.3 Å². The van der Waals surface area contributed by atoms with Gasteiger partial charge in [-0.15, -0.1) is 0 Å². The monoisotopic (exact) mass is 200 g/mol. The number of hydrogen-bond acceptors (Lipinski definition) is 4. The highest BCUT2D eigenvalue weighted by molar-refractivity contribution is 6.37. The van der Waals surface area contributed by atoms with Crippen LogP contribution in [0.15, 0.2) is 0 Å². The Bertz CT molecular complexity index is 178. The normalized spacial score (nSPS) is 11.0. The highest BCUT2D eigenvalue weighted by Crippen LogP contribution is 1.93. The Morgan fingerprint density at radius 3 is 1.29 bits per heavy atom. The summed E-state index contributed by atoms with van der Waals surface area (Å²) in [5.74, 6) is -0.499. The molecule has 0 atom stereocenters. The third-order valence-electron chi connectivity index (χ3n) is 1.88.